The van der Waals surface area contributed by atoms with Crippen molar-refractivity contribution in [3.05, 3.63) is 0 Å². The topological polar surface area (TPSA) is 18.5 Å². The predicted molar refractivity (Wildman–Crippen MR) is 141 cm³/mol. The molecule has 32 heavy (non-hydrogen) atoms. The van der Waals surface area contributed by atoms with Gasteiger partial charge in [-0.2, -0.15) is 0 Å². The van der Waals surface area contributed by atoms with E-state index in [0.717, 1.165) is 61.1 Å². The molecule has 9 unspecified atom stereocenters. The molecule has 1 aliphatic heterocycles. The Balaban J connectivity index is 1.30. The third kappa shape index (κ3) is 3.85. The smallest absolute Gasteiger partial charge is 0.180 e. The zero-order valence-electron chi connectivity index (χ0n) is 21.5. The lowest BCUT2D eigenvalue weighted by atomic mass is 9.44. The summed E-state index contributed by atoms with van der Waals surface area (Å²) >= 11 is 2.69. The molecule has 0 N–H and O–H groups in total. The Kier molecular flexibility index (Phi) is 6.81. The number of fused-ring (bicyclic) bond motifs is 5. The molecule has 0 aromatic rings. The largest absolute Gasteiger partial charge is 0.346 e. The van der Waals surface area contributed by atoms with E-state index < -0.39 is 0 Å². The molecule has 0 aromatic heterocycles. The molecule has 5 fully saturated rings. The Bertz CT molecular complexity index is 672. The first-order valence-corrected chi connectivity index (χ1v) is 15.4. The number of alkyl halides is 1. The molecule has 1 saturated heterocycles. The zero-order valence-corrected chi connectivity index (χ0v) is 23.7. The SMILES string of the molecule is CC(C)CCCC(C)C1CCC2C3CCC4CC5(OCCO5)C(I)CC4(C)C3CCC12C. The van der Waals surface area contributed by atoms with Crippen molar-refractivity contribution in [2.45, 2.75) is 115 Å². The third-order valence-corrected chi connectivity index (χ3v) is 13.1. The first-order valence-electron chi connectivity index (χ1n) is 14.1. The Morgan fingerprint density at radius 3 is 2.28 bits per heavy atom. The normalized spacial score (nSPS) is 48.5. The summed E-state index contributed by atoms with van der Waals surface area (Å²) < 4.78 is 13.0. The molecule has 3 heteroatoms. The van der Waals surface area contributed by atoms with Crippen LogP contribution >= 0.6 is 22.6 Å². The summed E-state index contributed by atoms with van der Waals surface area (Å²) in [7, 11) is 0. The van der Waals surface area contributed by atoms with E-state index in [9.17, 15) is 0 Å². The van der Waals surface area contributed by atoms with Crippen molar-refractivity contribution in [1.29, 1.82) is 0 Å². The van der Waals surface area contributed by atoms with Gasteiger partial charge in [0.2, 0.25) is 0 Å². The second kappa shape index (κ2) is 8.95. The van der Waals surface area contributed by atoms with E-state index >= 15 is 0 Å². The highest BCUT2D eigenvalue weighted by Gasteiger charge is 2.64. The van der Waals surface area contributed by atoms with Gasteiger partial charge in [0, 0.05) is 6.42 Å². The second-order valence-electron chi connectivity index (χ2n) is 13.6. The van der Waals surface area contributed by atoms with Crippen LogP contribution in [-0.4, -0.2) is 22.9 Å². The molecule has 0 aromatic carbocycles. The highest BCUT2D eigenvalue weighted by atomic mass is 127. The number of ether oxygens (including phenoxy) is 2. The van der Waals surface area contributed by atoms with E-state index in [0.29, 0.717) is 14.8 Å². The van der Waals surface area contributed by atoms with Crippen LogP contribution in [0.25, 0.3) is 0 Å². The molecule has 184 valence electrons. The molecule has 4 saturated carbocycles. The van der Waals surface area contributed by atoms with Crippen molar-refractivity contribution in [3.8, 4) is 0 Å². The monoisotopic (exact) mass is 556 g/mol. The van der Waals surface area contributed by atoms with Crippen LogP contribution in [0.3, 0.4) is 0 Å². The molecule has 9 atom stereocenters. The van der Waals surface area contributed by atoms with Gasteiger partial charge in [-0.1, -0.05) is 76.5 Å². The van der Waals surface area contributed by atoms with Gasteiger partial charge < -0.3 is 9.47 Å². The van der Waals surface area contributed by atoms with E-state index in [-0.39, 0.29) is 5.79 Å². The van der Waals surface area contributed by atoms with Crippen molar-refractivity contribution in [2.75, 3.05) is 13.2 Å². The van der Waals surface area contributed by atoms with Gasteiger partial charge in [-0.05, 0) is 97.2 Å². The van der Waals surface area contributed by atoms with Crippen LogP contribution < -0.4 is 0 Å². The Hall–Kier alpha value is 0.650. The molecular weight excluding hydrogens is 507 g/mol. The highest BCUT2D eigenvalue weighted by molar-refractivity contribution is 14.1. The zero-order chi connectivity index (χ0) is 22.7. The summed E-state index contributed by atoms with van der Waals surface area (Å²) in [6, 6.07) is 0. The van der Waals surface area contributed by atoms with E-state index in [1.54, 1.807) is 0 Å². The molecule has 0 bridgehead atoms. The van der Waals surface area contributed by atoms with Crippen molar-refractivity contribution in [2.24, 2.45) is 52.3 Å². The van der Waals surface area contributed by atoms with Crippen molar-refractivity contribution in [1.82, 2.24) is 0 Å². The van der Waals surface area contributed by atoms with Gasteiger partial charge >= 0.3 is 0 Å². The molecular formula is C29H49IO2. The summed E-state index contributed by atoms with van der Waals surface area (Å²) in [5.41, 5.74) is 1.11. The summed E-state index contributed by atoms with van der Waals surface area (Å²) in [6.45, 7) is 14.4. The van der Waals surface area contributed by atoms with Crippen LogP contribution in [0.5, 0.6) is 0 Å². The predicted octanol–water partition coefficient (Wildman–Crippen LogP) is 8.26. The molecule has 5 aliphatic rings. The molecule has 2 nitrogen and oxygen atoms in total. The van der Waals surface area contributed by atoms with Crippen LogP contribution in [0.1, 0.15) is 105 Å². The molecule has 4 aliphatic carbocycles. The lowest BCUT2D eigenvalue weighted by Crippen LogP contribution is -2.59. The van der Waals surface area contributed by atoms with Crippen LogP contribution in [0.4, 0.5) is 0 Å². The Morgan fingerprint density at radius 2 is 1.56 bits per heavy atom. The van der Waals surface area contributed by atoms with Crippen LogP contribution in [0.15, 0.2) is 0 Å². The maximum absolute atomic E-state index is 6.27. The van der Waals surface area contributed by atoms with E-state index in [2.05, 4.69) is 57.2 Å². The standard InChI is InChI=1S/C29H49IO2/c1-19(2)7-6-8-20(3)23-11-12-24-22-10-9-21-17-29(31-15-16-32-29)26(30)18-28(21,5)25(22)13-14-27(23,24)4/h19-26H,6-18H2,1-5H3. The molecule has 1 heterocycles. The summed E-state index contributed by atoms with van der Waals surface area (Å²) in [5, 5.41) is 0. The Labute approximate surface area is 211 Å². The Morgan fingerprint density at radius 1 is 0.844 bits per heavy atom. The number of rotatable bonds is 5. The van der Waals surface area contributed by atoms with Gasteiger partial charge in [-0.3, -0.25) is 0 Å². The van der Waals surface area contributed by atoms with E-state index in [4.69, 9.17) is 9.47 Å². The fourth-order valence-corrected chi connectivity index (χ4v) is 11.6. The average Bonchev–Trinajstić information content (AvgIpc) is 3.34. The van der Waals surface area contributed by atoms with Gasteiger partial charge in [0.25, 0.3) is 0 Å². The van der Waals surface area contributed by atoms with E-state index in [1.165, 1.54) is 64.2 Å². The van der Waals surface area contributed by atoms with Gasteiger partial charge in [-0.15, -0.1) is 0 Å². The van der Waals surface area contributed by atoms with Crippen molar-refractivity contribution >= 4 is 22.6 Å². The van der Waals surface area contributed by atoms with Gasteiger partial charge in [0.1, 0.15) is 0 Å². The summed E-state index contributed by atoms with van der Waals surface area (Å²) in [6.07, 6.45) is 15.6. The van der Waals surface area contributed by atoms with Gasteiger partial charge in [0.05, 0.1) is 17.1 Å². The van der Waals surface area contributed by atoms with Crippen molar-refractivity contribution < 1.29 is 9.47 Å². The number of hydrogen-bond donors (Lipinski definition) is 0. The quantitative estimate of drug-likeness (QED) is 0.251. The fourth-order valence-electron chi connectivity index (χ4n) is 9.99. The molecule has 0 radical (unpaired) electrons. The maximum atomic E-state index is 6.27. The number of hydrogen-bond acceptors (Lipinski definition) is 2. The highest BCUT2D eigenvalue weighted by Crippen LogP contribution is 2.69. The minimum atomic E-state index is -0.259. The maximum Gasteiger partial charge on any atom is 0.180 e. The summed E-state index contributed by atoms with van der Waals surface area (Å²) in [4.78, 5) is 0. The first kappa shape index (κ1) is 24.3. The van der Waals surface area contributed by atoms with Crippen LogP contribution in [0, 0.1) is 52.3 Å². The minimum absolute atomic E-state index is 0.259. The second-order valence-corrected chi connectivity index (χ2v) is 15.1. The first-order chi connectivity index (χ1) is 15.2. The average molecular weight is 557 g/mol. The lowest BCUT2D eigenvalue weighted by molar-refractivity contribution is -0.222. The number of halogens is 1. The molecule has 5 rings (SSSR count). The summed E-state index contributed by atoms with van der Waals surface area (Å²) in [5.74, 6) is 6.18. The van der Waals surface area contributed by atoms with Crippen LogP contribution in [-0.2, 0) is 9.47 Å². The van der Waals surface area contributed by atoms with Crippen molar-refractivity contribution in [3.63, 3.8) is 0 Å². The van der Waals surface area contributed by atoms with Crippen LogP contribution in [0.2, 0.25) is 0 Å². The fraction of sp³-hybridized carbons (Fsp3) is 1.00. The molecule has 1 spiro atoms. The third-order valence-electron chi connectivity index (χ3n) is 11.7. The minimum Gasteiger partial charge on any atom is -0.346 e. The van der Waals surface area contributed by atoms with E-state index in [1.807, 2.05) is 0 Å². The lowest BCUT2D eigenvalue weighted by Gasteiger charge is -2.63. The van der Waals surface area contributed by atoms with Gasteiger partial charge in [0.15, 0.2) is 5.79 Å². The molecule has 0 amide bonds. The van der Waals surface area contributed by atoms with Gasteiger partial charge in [-0.25, -0.2) is 0 Å².